The molecule has 1 N–H and O–H groups in total. The second kappa shape index (κ2) is 4.69. The fourth-order valence-corrected chi connectivity index (χ4v) is 1.38. The Kier molecular flexibility index (Phi) is 3.83. The molecule has 0 bridgehead atoms. The Labute approximate surface area is 87.5 Å². The fraction of sp³-hybridized carbons (Fsp3) is 0.250. The van der Waals surface area contributed by atoms with Gasteiger partial charge >= 0.3 is 0 Å². The van der Waals surface area contributed by atoms with Crippen LogP contribution in [-0.4, -0.2) is 13.0 Å². The normalized spacial score (nSPS) is 10.5. The molecule has 0 unspecified atom stereocenters. The SMILES string of the molecule is Fc1cccc(NCC(F)F)c1I. The minimum absolute atomic E-state index is 0.334. The molecule has 72 valence electrons. The minimum Gasteiger partial charge on any atom is -0.378 e. The van der Waals surface area contributed by atoms with Crippen LogP contribution in [0.4, 0.5) is 18.9 Å². The van der Waals surface area contributed by atoms with Crippen LogP contribution in [0.1, 0.15) is 0 Å². The van der Waals surface area contributed by atoms with Gasteiger partial charge in [-0.15, -0.1) is 0 Å². The number of benzene rings is 1. The van der Waals surface area contributed by atoms with E-state index < -0.39 is 18.8 Å². The van der Waals surface area contributed by atoms with Gasteiger partial charge in [0.2, 0.25) is 0 Å². The van der Waals surface area contributed by atoms with Crippen molar-refractivity contribution in [1.29, 1.82) is 0 Å². The Hall–Kier alpha value is -0.460. The van der Waals surface area contributed by atoms with Crippen LogP contribution in [0.5, 0.6) is 0 Å². The zero-order valence-electron chi connectivity index (χ0n) is 6.53. The molecule has 0 saturated carbocycles. The third kappa shape index (κ3) is 3.06. The maximum atomic E-state index is 12.9. The van der Waals surface area contributed by atoms with E-state index in [0.29, 0.717) is 9.26 Å². The lowest BCUT2D eigenvalue weighted by Gasteiger charge is -2.07. The van der Waals surface area contributed by atoms with E-state index in [1.807, 2.05) is 0 Å². The van der Waals surface area contributed by atoms with Gasteiger partial charge in [-0.2, -0.15) is 0 Å². The molecular formula is C8H7F3IN. The van der Waals surface area contributed by atoms with Crippen LogP contribution in [0, 0.1) is 9.39 Å². The first-order valence-corrected chi connectivity index (χ1v) is 4.65. The van der Waals surface area contributed by atoms with Crippen LogP contribution in [0.2, 0.25) is 0 Å². The fourth-order valence-electron chi connectivity index (χ4n) is 0.827. The summed E-state index contributed by atoms with van der Waals surface area (Å²) in [6.45, 7) is -0.459. The Morgan fingerprint density at radius 1 is 1.38 bits per heavy atom. The largest absolute Gasteiger partial charge is 0.378 e. The number of hydrogen-bond donors (Lipinski definition) is 1. The van der Waals surface area contributed by atoms with Gasteiger partial charge in [0.25, 0.3) is 6.43 Å². The summed E-state index contributed by atoms with van der Waals surface area (Å²) in [6.07, 6.45) is -2.43. The molecule has 0 atom stereocenters. The monoisotopic (exact) mass is 301 g/mol. The van der Waals surface area contributed by atoms with Gasteiger partial charge in [0, 0.05) is 0 Å². The average Bonchev–Trinajstić information content (AvgIpc) is 2.07. The summed E-state index contributed by atoms with van der Waals surface area (Å²) in [7, 11) is 0. The molecule has 0 radical (unpaired) electrons. The Morgan fingerprint density at radius 3 is 2.69 bits per heavy atom. The molecule has 0 heterocycles. The molecule has 0 aliphatic heterocycles. The first-order valence-electron chi connectivity index (χ1n) is 3.57. The van der Waals surface area contributed by atoms with E-state index in [0.717, 1.165) is 0 Å². The number of nitrogens with one attached hydrogen (secondary N) is 1. The van der Waals surface area contributed by atoms with Crippen LogP contribution in [0.3, 0.4) is 0 Å². The number of alkyl halides is 2. The number of anilines is 1. The molecule has 1 aromatic carbocycles. The van der Waals surface area contributed by atoms with Crippen LogP contribution in [-0.2, 0) is 0 Å². The molecule has 13 heavy (non-hydrogen) atoms. The van der Waals surface area contributed by atoms with E-state index in [4.69, 9.17) is 0 Å². The van der Waals surface area contributed by atoms with E-state index in [1.54, 1.807) is 28.7 Å². The van der Waals surface area contributed by atoms with Crippen molar-refractivity contribution in [2.75, 3.05) is 11.9 Å². The highest BCUT2D eigenvalue weighted by atomic mass is 127. The Balaban J connectivity index is 2.71. The molecule has 0 fully saturated rings. The molecule has 0 saturated heterocycles. The van der Waals surface area contributed by atoms with Gasteiger partial charge in [0.05, 0.1) is 15.8 Å². The van der Waals surface area contributed by atoms with Crippen molar-refractivity contribution in [3.8, 4) is 0 Å². The van der Waals surface area contributed by atoms with Gasteiger partial charge in [-0.25, -0.2) is 13.2 Å². The van der Waals surface area contributed by atoms with Crippen molar-refractivity contribution in [3.05, 3.63) is 27.6 Å². The van der Waals surface area contributed by atoms with Crippen LogP contribution < -0.4 is 5.32 Å². The van der Waals surface area contributed by atoms with Crippen LogP contribution in [0.25, 0.3) is 0 Å². The summed E-state index contributed by atoms with van der Waals surface area (Å²) in [5.41, 5.74) is 0.404. The molecule has 0 amide bonds. The van der Waals surface area contributed by atoms with E-state index in [9.17, 15) is 13.2 Å². The average molecular weight is 301 g/mol. The van der Waals surface area contributed by atoms with Crippen LogP contribution in [0.15, 0.2) is 18.2 Å². The first-order chi connectivity index (χ1) is 6.11. The summed E-state index contributed by atoms with van der Waals surface area (Å²) < 4.78 is 36.8. The molecular weight excluding hydrogens is 294 g/mol. The maximum Gasteiger partial charge on any atom is 0.255 e. The van der Waals surface area contributed by atoms with E-state index >= 15 is 0 Å². The highest BCUT2D eigenvalue weighted by Crippen LogP contribution is 2.20. The zero-order chi connectivity index (χ0) is 9.84. The molecule has 0 aliphatic carbocycles. The zero-order valence-corrected chi connectivity index (χ0v) is 8.69. The highest BCUT2D eigenvalue weighted by Gasteiger charge is 2.06. The molecule has 5 heteroatoms. The Bertz CT molecular complexity index is 291. The van der Waals surface area contributed by atoms with Gasteiger partial charge in [0.15, 0.2) is 0 Å². The lowest BCUT2D eigenvalue weighted by Crippen LogP contribution is -2.11. The van der Waals surface area contributed by atoms with Crippen molar-refractivity contribution in [2.45, 2.75) is 6.43 Å². The molecule has 1 nitrogen and oxygen atoms in total. The van der Waals surface area contributed by atoms with Gasteiger partial charge < -0.3 is 5.32 Å². The number of hydrogen-bond acceptors (Lipinski definition) is 1. The summed E-state index contributed by atoms with van der Waals surface area (Å²) in [5.74, 6) is -0.403. The summed E-state index contributed by atoms with van der Waals surface area (Å²) in [4.78, 5) is 0. The van der Waals surface area contributed by atoms with Crippen molar-refractivity contribution < 1.29 is 13.2 Å². The van der Waals surface area contributed by atoms with Crippen molar-refractivity contribution >= 4 is 28.3 Å². The quantitative estimate of drug-likeness (QED) is 0.846. The lowest BCUT2D eigenvalue weighted by atomic mass is 10.3. The van der Waals surface area contributed by atoms with E-state index in [1.165, 1.54) is 12.1 Å². The van der Waals surface area contributed by atoms with Gasteiger partial charge in [0.1, 0.15) is 5.82 Å². The molecule has 1 aromatic rings. The molecule has 1 rings (SSSR count). The van der Waals surface area contributed by atoms with Gasteiger partial charge in [-0.05, 0) is 34.7 Å². The summed E-state index contributed by atoms with van der Waals surface area (Å²) in [5, 5.41) is 2.46. The molecule has 0 spiro atoms. The topological polar surface area (TPSA) is 12.0 Å². The van der Waals surface area contributed by atoms with E-state index in [-0.39, 0.29) is 0 Å². The van der Waals surface area contributed by atoms with Gasteiger partial charge in [-0.1, -0.05) is 6.07 Å². The third-order valence-electron chi connectivity index (χ3n) is 1.40. The predicted molar refractivity (Wildman–Crippen MR) is 53.6 cm³/mol. The molecule has 0 aromatic heterocycles. The number of rotatable bonds is 3. The predicted octanol–water partition coefficient (Wildman–Crippen LogP) is 3.11. The minimum atomic E-state index is -2.43. The third-order valence-corrected chi connectivity index (χ3v) is 2.49. The summed E-state index contributed by atoms with van der Waals surface area (Å²) in [6, 6.07) is 4.33. The van der Waals surface area contributed by atoms with Crippen molar-refractivity contribution in [2.24, 2.45) is 0 Å². The number of halogens is 4. The van der Waals surface area contributed by atoms with Crippen molar-refractivity contribution in [3.63, 3.8) is 0 Å². The van der Waals surface area contributed by atoms with Gasteiger partial charge in [-0.3, -0.25) is 0 Å². The Morgan fingerprint density at radius 2 is 2.08 bits per heavy atom. The first kappa shape index (κ1) is 10.6. The highest BCUT2D eigenvalue weighted by molar-refractivity contribution is 14.1. The smallest absolute Gasteiger partial charge is 0.255 e. The summed E-state index contributed by atoms with van der Waals surface area (Å²) >= 11 is 1.77. The molecule has 0 aliphatic rings. The second-order valence-corrected chi connectivity index (χ2v) is 3.45. The van der Waals surface area contributed by atoms with E-state index in [2.05, 4.69) is 5.32 Å². The van der Waals surface area contributed by atoms with Crippen molar-refractivity contribution in [1.82, 2.24) is 0 Å². The second-order valence-electron chi connectivity index (χ2n) is 2.37. The standard InChI is InChI=1S/C8H7F3IN/c9-5-2-1-3-6(8(5)12)13-4-7(10)11/h1-3,7,13H,4H2. The maximum absolute atomic E-state index is 12.9. The lowest BCUT2D eigenvalue weighted by molar-refractivity contribution is 0.163. The van der Waals surface area contributed by atoms with Crippen LogP contribution >= 0.6 is 22.6 Å².